The highest BCUT2D eigenvalue weighted by Crippen LogP contribution is 2.36. The van der Waals surface area contributed by atoms with Crippen LogP contribution in [0.2, 0.25) is 0 Å². The molecule has 2 heterocycles. The maximum Gasteiger partial charge on any atom is 0.231 e. The highest BCUT2D eigenvalue weighted by Gasteiger charge is 2.18. The molecule has 28 heavy (non-hydrogen) atoms. The topological polar surface area (TPSA) is 94.6 Å². The van der Waals surface area contributed by atoms with Crippen LogP contribution in [0.4, 0.5) is 5.13 Å². The van der Waals surface area contributed by atoms with Crippen LogP contribution in [0, 0.1) is 0 Å². The summed E-state index contributed by atoms with van der Waals surface area (Å²) in [7, 11) is -3.49. The largest absolute Gasteiger partial charge is 0.454 e. The van der Waals surface area contributed by atoms with E-state index in [0.29, 0.717) is 22.3 Å². The van der Waals surface area contributed by atoms with Crippen LogP contribution in [0.25, 0.3) is 11.3 Å². The summed E-state index contributed by atoms with van der Waals surface area (Å²) in [6.07, 6.45) is -0.143. The predicted molar refractivity (Wildman–Crippen MR) is 105 cm³/mol. The summed E-state index contributed by atoms with van der Waals surface area (Å²) >= 11 is 1.27. The van der Waals surface area contributed by atoms with E-state index in [4.69, 9.17) is 9.47 Å². The Hall–Kier alpha value is -2.91. The first-order valence-corrected chi connectivity index (χ1v) is 11.0. The van der Waals surface area contributed by atoms with Gasteiger partial charge < -0.3 is 14.8 Å². The first kappa shape index (κ1) is 18.5. The molecule has 1 N–H and O–H groups in total. The maximum absolute atomic E-state index is 12.3. The van der Waals surface area contributed by atoms with E-state index in [2.05, 4.69) is 10.3 Å². The molecule has 7 nitrogen and oxygen atoms in total. The van der Waals surface area contributed by atoms with Crippen molar-refractivity contribution >= 4 is 32.2 Å². The molecular weight excluding hydrogens is 400 g/mol. The predicted octanol–water partition coefficient (Wildman–Crippen LogP) is 3.34. The zero-order chi connectivity index (χ0) is 19.6. The lowest BCUT2D eigenvalue weighted by atomic mass is 10.1. The second kappa shape index (κ2) is 7.61. The third-order valence-corrected chi connectivity index (χ3v) is 6.61. The van der Waals surface area contributed by atoms with Crippen LogP contribution in [0.5, 0.6) is 11.5 Å². The molecule has 1 aliphatic heterocycles. The number of hydrogen-bond acceptors (Lipinski definition) is 7. The molecule has 0 radical (unpaired) electrons. The van der Waals surface area contributed by atoms with E-state index in [-0.39, 0.29) is 23.9 Å². The van der Waals surface area contributed by atoms with Gasteiger partial charge in [0.05, 0.1) is 16.3 Å². The van der Waals surface area contributed by atoms with Gasteiger partial charge in [-0.2, -0.15) is 0 Å². The summed E-state index contributed by atoms with van der Waals surface area (Å²) < 4.78 is 35.2. The van der Waals surface area contributed by atoms with E-state index in [1.807, 2.05) is 23.6 Å². The van der Waals surface area contributed by atoms with Gasteiger partial charge in [0.1, 0.15) is 0 Å². The molecule has 144 valence electrons. The standard InChI is InChI=1S/C19H16N2O5S2/c22-18(8-9-28(23,24)14-4-2-1-3-5-14)21-19-20-15(11-27-19)13-6-7-16-17(10-13)26-12-25-16/h1-7,10-11H,8-9,12H2,(H,20,21,22). The van der Waals surface area contributed by atoms with Crippen molar-refractivity contribution in [2.45, 2.75) is 11.3 Å². The van der Waals surface area contributed by atoms with Crippen molar-refractivity contribution in [1.82, 2.24) is 4.98 Å². The van der Waals surface area contributed by atoms with Crippen LogP contribution < -0.4 is 14.8 Å². The van der Waals surface area contributed by atoms with Gasteiger partial charge in [-0.1, -0.05) is 18.2 Å². The Bertz CT molecular complexity index is 1110. The first-order chi connectivity index (χ1) is 13.5. The number of hydrogen-bond donors (Lipinski definition) is 1. The number of amides is 1. The Morgan fingerprint density at radius 3 is 2.71 bits per heavy atom. The fourth-order valence-electron chi connectivity index (χ4n) is 2.67. The Balaban J connectivity index is 1.38. The van der Waals surface area contributed by atoms with Crippen LogP contribution >= 0.6 is 11.3 Å². The molecule has 0 aliphatic carbocycles. The molecule has 4 rings (SSSR count). The van der Waals surface area contributed by atoms with Gasteiger partial charge in [0, 0.05) is 17.4 Å². The van der Waals surface area contributed by atoms with Crippen molar-refractivity contribution in [3.8, 4) is 22.8 Å². The minimum Gasteiger partial charge on any atom is -0.454 e. The Morgan fingerprint density at radius 2 is 1.89 bits per heavy atom. The van der Waals surface area contributed by atoms with Gasteiger partial charge in [0.25, 0.3) is 0 Å². The van der Waals surface area contributed by atoms with Gasteiger partial charge in [-0.05, 0) is 30.3 Å². The molecular formula is C19H16N2O5S2. The van der Waals surface area contributed by atoms with Crippen molar-refractivity contribution in [2.75, 3.05) is 17.9 Å². The Kier molecular flexibility index (Phi) is 5.01. The number of benzene rings is 2. The monoisotopic (exact) mass is 416 g/mol. The van der Waals surface area contributed by atoms with E-state index < -0.39 is 15.7 Å². The van der Waals surface area contributed by atoms with Gasteiger partial charge in [-0.25, -0.2) is 13.4 Å². The van der Waals surface area contributed by atoms with Gasteiger partial charge in [-0.15, -0.1) is 11.3 Å². The lowest BCUT2D eigenvalue weighted by molar-refractivity contribution is -0.115. The molecule has 2 aromatic carbocycles. The van der Waals surface area contributed by atoms with Gasteiger partial charge >= 0.3 is 0 Å². The molecule has 9 heteroatoms. The fourth-order valence-corrected chi connectivity index (χ4v) is 4.67. The van der Waals surface area contributed by atoms with E-state index >= 15 is 0 Å². The van der Waals surface area contributed by atoms with E-state index in [1.165, 1.54) is 23.5 Å². The number of carbonyl (C=O) groups excluding carboxylic acids is 1. The normalized spacial score (nSPS) is 12.7. The second-order valence-electron chi connectivity index (χ2n) is 6.04. The molecule has 1 amide bonds. The molecule has 0 bridgehead atoms. The summed E-state index contributed by atoms with van der Waals surface area (Å²) in [5.41, 5.74) is 1.53. The third kappa shape index (κ3) is 4.00. The zero-order valence-electron chi connectivity index (χ0n) is 14.6. The molecule has 0 fully saturated rings. The number of anilines is 1. The fraction of sp³-hybridized carbons (Fsp3) is 0.158. The van der Waals surface area contributed by atoms with Crippen molar-refractivity contribution in [1.29, 1.82) is 0 Å². The molecule has 0 spiro atoms. The lowest BCUT2D eigenvalue weighted by Gasteiger charge is -2.04. The number of ether oxygens (including phenoxy) is 2. The third-order valence-electron chi connectivity index (χ3n) is 4.12. The average Bonchev–Trinajstić information content (AvgIpc) is 3.36. The van der Waals surface area contributed by atoms with Crippen LogP contribution in [0.15, 0.2) is 58.8 Å². The molecule has 0 unspecified atom stereocenters. The number of rotatable bonds is 6. The number of nitrogens with one attached hydrogen (secondary N) is 1. The number of sulfone groups is 1. The van der Waals surface area contributed by atoms with Crippen molar-refractivity contribution in [3.63, 3.8) is 0 Å². The van der Waals surface area contributed by atoms with Gasteiger partial charge in [0.2, 0.25) is 12.7 Å². The van der Waals surface area contributed by atoms with Gasteiger partial charge in [-0.3, -0.25) is 4.79 Å². The van der Waals surface area contributed by atoms with Crippen molar-refractivity contribution < 1.29 is 22.7 Å². The minimum atomic E-state index is -3.49. The zero-order valence-corrected chi connectivity index (χ0v) is 16.3. The van der Waals surface area contributed by atoms with E-state index in [0.717, 1.165) is 5.56 Å². The smallest absolute Gasteiger partial charge is 0.231 e. The second-order valence-corrected chi connectivity index (χ2v) is 9.00. The summed E-state index contributed by atoms with van der Waals surface area (Å²) in [5, 5.41) is 4.88. The summed E-state index contributed by atoms with van der Waals surface area (Å²) in [6.45, 7) is 0.197. The molecule has 0 saturated heterocycles. The number of fused-ring (bicyclic) bond motifs is 1. The van der Waals surface area contributed by atoms with Crippen molar-refractivity contribution in [3.05, 3.63) is 53.9 Å². The number of thiazole rings is 1. The number of nitrogens with zero attached hydrogens (tertiary/aromatic N) is 1. The van der Waals surface area contributed by atoms with Crippen LogP contribution in [-0.4, -0.2) is 31.9 Å². The molecule has 1 aromatic heterocycles. The Labute approximate surface area is 165 Å². The molecule has 1 aliphatic rings. The molecule has 0 atom stereocenters. The summed E-state index contributed by atoms with van der Waals surface area (Å²) in [5.74, 6) is 0.684. The minimum absolute atomic E-state index is 0.143. The first-order valence-electron chi connectivity index (χ1n) is 8.44. The lowest BCUT2D eigenvalue weighted by Crippen LogP contribution is -2.17. The van der Waals surface area contributed by atoms with Crippen LogP contribution in [-0.2, 0) is 14.6 Å². The van der Waals surface area contributed by atoms with Crippen molar-refractivity contribution in [2.24, 2.45) is 0 Å². The highest BCUT2D eigenvalue weighted by atomic mass is 32.2. The maximum atomic E-state index is 12.3. The number of carbonyl (C=O) groups is 1. The van der Waals surface area contributed by atoms with E-state index in [9.17, 15) is 13.2 Å². The summed E-state index contributed by atoms with van der Waals surface area (Å²) in [6, 6.07) is 13.6. The quantitative estimate of drug-likeness (QED) is 0.662. The Morgan fingerprint density at radius 1 is 1.11 bits per heavy atom. The van der Waals surface area contributed by atoms with Gasteiger partial charge in [0.15, 0.2) is 26.5 Å². The average molecular weight is 416 g/mol. The van der Waals surface area contributed by atoms with E-state index in [1.54, 1.807) is 18.2 Å². The van der Waals surface area contributed by atoms with Crippen LogP contribution in [0.1, 0.15) is 6.42 Å². The SMILES string of the molecule is O=C(CCS(=O)(=O)c1ccccc1)Nc1nc(-c2ccc3c(c2)OCO3)cs1. The van der Waals surface area contributed by atoms with Crippen LogP contribution in [0.3, 0.4) is 0 Å². The molecule has 0 saturated carbocycles. The summed E-state index contributed by atoms with van der Waals surface area (Å²) in [4.78, 5) is 16.7. The highest BCUT2D eigenvalue weighted by molar-refractivity contribution is 7.91. The number of aromatic nitrogens is 1. The molecule has 3 aromatic rings.